The van der Waals surface area contributed by atoms with E-state index in [-0.39, 0.29) is 11.5 Å². The molecule has 0 saturated heterocycles. The zero-order chi connectivity index (χ0) is 27.3. The molecule has 0 radical (unpaired) electrons. The fraction of sp³-hybridized carbons (Fsp3) is 0.448. The molecule has 0 saturated carbocycles. The van der Waals surface area contributed by atoms with Gasteiger partial charge in [0.25, 0.3) is 5.56 Å². The second-order valence-corrected chi connectivity index (χ2v) is 10.8. The standard InChI is InChI=1S/C29H37Cl3N4O2/c1-2-3-4-5-6-7-8-9-10-11-12-13-28(37)33-21-14-16-24(31)26(18-21)34-27-20-29(38)36(35-27)22-15-17-23(30)25(32)19-22/h14-20,34-35H,2-13H2,1H3,(H,33,37). The van der Waals surface area contributed by atoms with Gasteiger partial charge in [-0.15, -0.1) is 0 Å². The first-order valence-corrected chi connectivity index (χ1v) is 14.6. The summed E-state index contributed by atoms with van der Waals surface area (Å²) in [4.78, 5) is 24.9. The molecule has 0 aliphatic rings. The molecular formula is C29H37Cl3N4O2. The van der Waals surface area contributed by atoms with Crippen LogP contribution >= 0.6 is 34.8 Å². The summed E-state index contributed by atoms with van der Waals surface area (Å²) in [6.07, 6.45) is 14.2. The molecule has 3 rings (SSSR count). The van der Waals surface area contributed by atoms with Crippen molar-refractivity contribution in [2.45, 2.75) is 84.0 Å². The minimum Gasteiger partial charge on any atom is -0.339 e. The second-order valence-electron chi connectivity index (χ2n) is 9.60. The number of amides is 1. The third-order valence-corrected chi connectivity index (χ3v) is 7.48. The van der Waals surface area contributed by atoms with E-state index in [1.165, 1.54) is 68.5 Å². The van der Waals surface area contributed by atoms with Crippen LogP contribution < -0.4 is 16.2 Å². The van der Waals surface area contributed by atoms with Gasteiger partial charge in [0, 0.05) is 18.2 Å². The molecule has 206 valence electrons. The van der Waals surface area contributed by atoms with Crippen LogP contribution in [0.2, 0.25) is 15.1 Å². The maximum Gasteiger partial charge on any atom is 0.273 e. The van der Waals surface area contributed by atoms with Gasteiger partial charge in [-0.3, -0.25) is 14.7 Å². The number of hydrogen-bond donors (Lipinski definition) is 3. The number of nitrogens with one attached hydrogen (secondary N) is 3. The van der Waals surface area contributed by atoms with Crippen molar-refractivity contribution in [3.63, 3.8) is 0 Å². The highest BCUT2D eigenvalue weighted by Gasteiger charge is 2.11. The maximum absolute atomic E-state index is 12.5. The number of rotatable bonds is 16. The number of aromatic nitrogens is 2. The van der Waals surface area contributed by atoms with E-state index in [0.717, 1.165) is 12.8 Å². The SMILES string of the molecule is CCCCCCCCCCCCCC(=O)Nc1ccc(Cl)c(Nc2cc(=O)n(-c3ccc(Cl)c(Cl)c3)[nH]2)c1. The quantitative estimate of drug-likeness (QED) is 0.148. The van der Waals surface area contributed by atoms with E-state index >= 15 is 0 Å². The summed E-state index contributed by atoms with van der Waals surface area (Å²) in [7, 11) is 0. The summed E-state index contributed by atoms with van der Waals surface area (Å²) < 4.78 is 1.34. The van der Waals surface area contributed by atoms with E-state index in [2.05, 4.69) is 22.7 Å². The van der Waals surface area contributed by atoms with Crippen molar-refractivity contribution in [2.75, 3.05) is 10.6 Å². The molecule has 0 aliphatic carbocycles. The normalized spacial score (nSPS) is 11.1. The van der Waals surface area contributed by atoms with Crippen LogP contribution in [0, 0.1) is 0 Å². The van der Waals surface area contributed by atoms with Crippen LogP contribution in [-0.2, 0) is 4.79 Å². The molecular weight excluding hydrogens is 543 g/mol. The molecule has 0 fully saturated rings. The molecule has 1 heterocycles. The third kappa shape index (κ3) is 9.72. The minimum absolute atomic E-state index is 0.0200. The Morgan fingerprint density at radius 2 is 1.42 bits per heavy atom. The Morgan fingerprint density at radius 3 is 2.08 bits per heavy atom. The number of unbranched alkanes of at least 4 members (excludes halogenated alkanes) is 10. The molecule has 0 atom stereocenters. The van der Waals surface area contributed by atoms with Gasteiger partial charge in [-0.1, -0.05) is 106 Å². The first-order valence-electron chi connectivity index (χ1n) is 13.5. The molecule has 0 unspecified atom stereocenters. The van der Waals surface area contributed by atoms with Crippen LogP contribution in [0.4, 0.5) is 17.2 Å². The lowest BCUT2D eigenvalue weighted by molar-refractivity contribution is -0.116. The molecule has 3 N–H and O–H groups in total. The molecule has 38 heavy (non-hydrogen) atoms. The Morgan fingerprint density at radius 1 is 0.789 bits per heavy atom. The van der Waals surface area contributed by atoms with Crippen molar-refractivity contribution in [3.05, 3.63) is 67.9 Å². The molecule has 0 spiro atoms. The van der Waals surface area contributed by atoms with Gasteiger partial charge in [-0.05, 0) is 42.8 Å². The zero-order valence-corrected chi connectivity index (χ0v) is 24.2. The molecule has 9 heteroatoms. The van der Waals surface area contributed by atoms with Crippen LogP contribution in [0.25, 0.3) is 5.69 Å². The highest BCUT2D eigenvalue weighted by molar-refractivity contribution is 6.42. The maximum atomic E-state index is 12.5. The van der Waals surface area contributed by atoms with Gasteiger partial charge in [-0.25, -0.2) is 4.68 Å². The number of nitrogens with zero attached hydrogens (tertiary/aromatic N) is 1. The Labute approximate surface area is 240 Å². The van der Waals surface area contributed by atoms with E-state index in [4.69, 9.17) is 34.8 Å². The lowest BCUT2D eigenvalue weighted by Crippen LogP contribution is -2.13. The summed E-state index contributed by atoms with van der Waals surface area (Å²) in [5.41, 5.74) is 1.46. The highest BCUT2D eigenvalue weighted by atomic mass is 35.5. The lowest BCUT2D eigenvalue weighted by Gasteiger charge is -2.11. The highest BCUT2D eigenvalue weighted by Crippen LogP contribution is 2.29. The average molecular weight is 580 g/mol. The predicted octanol–water partition coefficient (Wildman–Crippen LogP) is 9.51. The van der Waals surface area contributed by atoms with E-state index in [1.807, 2.05) is 0 Å². The number of carbonyl (C=O) groups is 1. The molecule has 1 aromatic heterocycles. The van der Waals surface area contributed by atoms with Gasteiger partial charge in [0.05, 0.1) is 26.4 Å². The van der Waals surface area contributed by atoms with Gasteiger partial charge >= 0.3 is 0 Å². The number of aromatic amines is 1. The molecule has 1 amide bonds. The van der Waals surface area contributed by atoms with Crippen molar-refractivity contribution in [2.24, 2.45) is 0 Å². The molecule has 6 nitrogen and oxygen atoms in total. The van der Waals surface area contributed by atoms with E-state index < -0.39 is 0 Å². The number of hydrogen-bond acceptors (Lipinski definition) is 3. The monoisotopic (exact) mass is 578 g/mol. The summed E-state index contributed by atoms with van der Waals surface area (Å²) in [5, 5.41) is 10.3. The van der Waals surface area contributed by atoms with Gasteiger partial charge in [-0.2, -0.15) is 0 Å². The Balaban J connectivity index is 1.44. The Bertz CT molecular complexity index is 1240. The summed E-state index contributed by atoms with van der Waals surface area (Å²) >= 11 is 18.4. The number of anilines is 3. The van der Waals surface area contributed by atoms with E-state index in [0.29, 0.717) is 44.4 Å². The zero-order valence-electron chi connectivity index (χ0n) is 21.9. The van der Waals surface area contributed by atoms with Crippen molar-refractivity contribution in [3.8, 4) is 5.69 Å². The number of halogens is 3. The van der Waals surface area contributed by atoms with Crippen molar-refractivity contribution >= 4 is 57.9 Å². The summed E-state index contributed by atoms with van der Waals surface area (Å²) in [6.45, 7) is 2.25. The molecule has 0 bridgehead atoms. The topological polar surface area (TPSA) is 78.9 Å². The third-order valence-electron chi connectivity index (χ3n) is 6.41. The van der Waals surface area contributed by atoms with Gasteiger partial charge in [0.15, 0.2) is 0 Å². The smallest absolute Gasteiger partial charge is 0.273 e. The second kappa shape index (κ2) is 15.9. The van der Waals surface area contributed by atoms with Crippen LogP contribution in [0.3, 0.4) is 0 Å². The molecule has 3 aromatic rings. The predicted molar refractivity (Wildman–Crippen MR) is 161 cm³/mol. The lowest BCUT2D eigenvalue weighted by atomic mass is 10.1. The van der Waals surface area contributed by atoms with E-state index in [9.17, 15) is 9.59 Å². The van der Waals surface area contributed by atoms with Crippen molar-refractivity contribution < 1.29 is 4.79 Å². The summed E-state index contributed by atoms with van der Waals surface area (Å²) in [6, 6.07) is 11.5. The average Bonchev–Trinajstić information content (AvgIpc) is 3.26. The minimum atomic E-state index is -0.279. The largest absolute Gasteiger partial charge is 0.339 e. The summed E-state index contributed by atoms with van der Waals surface area (Å²) in [5.74, 6) is 0.417. The van der Waals surface area contributed by atoms with Crippen LogP contribution in [-0.4, -0.2) is 15.7 Å². The van der Waals surface area contributed by atoms with Crippen LogP contribution in [0.1, 0.15) is 84.0 Å². The van der Waals surface area contributed by atoms with Gasteiger partial charge in [0.2, 0.25) is 5.91 Å². The number of carbonyl (C=O) groups excluding carboxylic acids is 1. The fourth-order valence-electron chi connectivity index (χ4n) is 4.29. The van der Waals surface area contributed by atoms with Gasteiger partial charge in [0.1, 0.15) is 5.82 Å². The van der Waals surface area contributed by atoms with Crippen molar-refractivity contribution in [1.29, 1.82) is 0 Å². The van der Waals surface area contributed by atoms with Gasteiger partial charge < -0.3 is 10.6 Å². The van der Waals surface area contributed by atoms with Crippen LogP contribution in [0.15, 0.2) is 47.3 Å². The molecule has 2 aromatic carbocycles. The Hall–Kier alpha value is -2.41. The first-order chi connectivity index (χ1) is 18.4. The van der Waals surface area contributed by atoms with Crippen LogP contribution in [0.5, 0.6) is 0 Å². The first kappa shape index (κ1) is 30.1. The van der Waals surface area contributed by atoms with Crippen molar-refractivity contribution in [1.82, 2.24) is 9.78 Å². The number of H-pyrrole nitrogens is 1. The molecule has 0 aliphatic heterocycles. The van der Waals surface area contributed by atoms with E-state index in [1.54, 1.807) is 36.4 Å². The fourth-order valence-corrected chi connectivity index (χ4v) is 4.75. The number of benzene rings is 2. The Kier molecular flexibility index (Phi) is 12.6.